The molecule has 0 saturated carbocycles. The van der Waals surface area contributed by atoms with Crippen LogP contribution in [0, 0.1) is 12.8 Å². The number of pyridine rings is 1. The van der Waals surface area contributed by atoms with E-state index in [9.17, 15) is 0 Å². The maximum atomic E-state index is 4.79. The molecule has 29 heavy (non-hydrogen) atoms. The van der Waals surface area contributed by atoms with Gasteiger partial charge >= 0.3 is 0 Å². The largest absolute Gasteiger partial charge is 0.357 e. The molecular formula is C21H33IN6S. The zero-order valence-electron chi connectivity index (χ0n) is 17.9. The number of aliphatic imine (C=N–C) groups is 1. The number of guanidine groups is 1. The molecule has 1 saturated heterocycles. The Hall–Kier alpha value is -1.42. The minimum absolute atomic E-state index is 0. The third-order valence-electron chi connectivity index (χ3n) is 5.09. The van der Waals surface area contributed by atoms with Crippen molar-refractivity contribution in [3.63, 3.8) is 0 Å². The second-order valence-electron chi connectivity index (χ2n) is 7.58. The summed E-state index contributed by atoms with van der Waals surface area (Å²) in [5, 5.41) is 6.58. The maximum Gasteiger partial charge on any atom is 0.194 e. The zero-order chi connectivity index (χ0) is 19.9. The van der Waals surface area contributed by atoms with E-state index in [2.05, 4.69) is 63.5 Å². The van der Waals surface area contributed by atoms with Crippen LogP contribution >= 0.6 is 35.3 Å². The Labute approximate surface area is 195 Å². The molecule has 0 amide bonds. The van der Waals surface area contributed by atoms with Gasteiger partial charge in [-0.3, -0.25) is 0 Å². The number of nitrogens with one attached hydrogen (secondary N) is 1. The molecule has 1 aliphatic heterocycles. The van der Waals surface area contributed by atoms with Crippen molar-refractivity contribution in [2.24, 2.45) is 10.9 Å². The van der Waals surface area contributed by atoms with Crippen molar-refractivity contribution in [2.75, 3.05) is 31.6 Å². The van der Waals surface area contributed by atoms with Crippen LogP contribution in [0.3, 0.4) is 0 Å². The molecule has 8 heteroatoms. The van der Waals surface area contributed by atoms with E-state index in [-0.39, 0.29) is 24.0 Å². The highest BCUT2D eigenvalue weighted by Crippen LogP contribution is 2.21. The fourth-order valence-electron chi connectivity index (χ4n) is 3.37. The molecule has 0 aromatic carbocycles. The number of hydrogen-bond acceptors (Lipinski definition) is 5. The molecule has 0 unspecified atom stereocenters. The van der Waals surface area contributed by atoms with Gasteiger partial charge in [0.2, 0.25) is 0 Å². The summed E-state index contributed by atoms with van der Waals surface area (Å²) < 4.78 is 0. The number of aryl methyl sites for hydroxylation is 1. The fraction of sp³-hybridized carbons (Fsp3) is 0.571. The van der Waals surface area contributed by atoms with Crippen molar-refractivity contribution in [3.8, 4) is 0 Å². The number of hydrogen-bond donors (Lipinski definition) is 1. The molecule has 0 aliphatic carbocycles. The van der Waals surface area contributed by atoms with Crippen molar-refractivity contribution in [1.82, 2.24) is 20.2 Å². The summed E-state index contributed by atoms with van der Waals surface area (Å²) in [6.45, 7) is 10.9. The number of anilines is 1. The Bertz CT molecular complexity index is 768. The molecule has 0 atom stereocenters. The lowest BCUT2D eigenvalue weighted by molar-refractivity contribution is 0.436. The van der Waals surface area contributed by atoms with E-state index in [1.165, 1.54) is 12.8 Å². The highest BCUT2D eigenvalue weighted by Gasteiger charge is 2.16. The van der Waals surface area contributed by atoms with E-state index in [0.29, 0.717) is 6.54 Å². The normalized spacial score (nSPS) is 15.2. The summed E-state index contributed by atoms with van der Waals surface area (Å²) >= 11 is 1.68. The third-order valence-corrected chi connectivity index (χ3v) is 5.91. The van der Waals surface area contributed by atoms with Gasteiger partial charge in [-0.2, -0.15) is 0 Å². The van der Waals surface area contributed by atoms with E-state index in [1.807, 2.05) is 13.1 Å². The van der Waals surface area contributed by atoms with Crippen molar-refractivity contribution in [1.29, 1.82) is 0 Å². The zero-order valence-corrected chi connectivity index (χ0v) is 21.0. The first-order valence-electron chi connectivity index (χ1n) is 10.2. The van der Waals surface area contributed by atoms with Gasteiger partial charge in [-0.15, -0.1) is 35.3 Å². The SMILES string of the molecule is CCNC(=NCc1ccc(N2CCC(C)CC2)nc1)N(C)Cc1csc(C)n1.I. The van der Waals surface area contributed by atoms with Gasteiger partial charge in [-0.25, -0.2) is 15.0 Å². The summed E-state index contributed by atoms with van der Waals surface area (Å²) in [5.41, 5.74) is 2.21. The van der Waals surface area contributed by atoms with Crippen molar-refractivity contribution < 1.29 is 0 Å². The van der Waals surface area contributed by atoms with Gasteiger partial charge in [0.05, 0.1) is 23.8 Å². The van der Waals surface area contributed by atoms with Crippen LogP contribution in [0.5, 0.6) is 0 Å². The van der Waals surface area contributed by atoms with E-state index >= 15 is 0 Å². The van der Waals surface area contributed by atoms with E-state index in [1.54, 1.807) is 11.3 Å². The molecule has 1 aliphatic rings. The molecule has 0 radical (unpaired) electrons. The molecular weight excluding hydrogens is 495 g/mol. The van der Waals surface area contributed by atoms with Crippen LogP contribution in [0.2, 0.25) is 0 Å². The molecule has 3 heterocycles. The summed E-state index contributed by atoms with van der Waals surface area (Å²) in [7, 11) is 2.05. The van der Waals surface area contributed by atoms with Crippen LogP contribution in [0.4, 0.5) is 5.82 Å². The highest BCUT2D eigenvalue weighted by molar-refractivity contribution is 14.0. The number of halogens is 1. The van der Waals surface area contributed by atoms with Gasteiger partial charge in [0, 0.05) is 38.3 Å². The molecule has 6 nitrogen and oxygen atoms in total. The Morgan fingerprint density at radius 1 is 1.34 bits per heavy atom. The predicted molar refractivity (Wildman–Crippen MR) is 133 cm³/mol. The monoisotopic (exact) mass is 528 g/mol. The molecule has 0 bridgehead atoms. The Morgan fingerprint density at radius 3 is 2.69 bits per heavy atom. The average molecular weight is 529 g/mol. The molecule has 2 aromatic rings. The fourth-order valence-corrected chi connectivity index (χ4v) is 3.97. The second-order valence-corrected chi connectivity index (χ2v) is 8.64. The van der Waals surface area contributed by atoms with Crippen LogP contribution in [0.15, 0.2) is 28.7 Å². The van der Waals surface area contributed by atoms with Crippen LogP contribution in [-0.4, -0.2) is 47.5 Å². The van der Waals surface area contributed by atoms with Crippen LogP contribution in [-0.2, 0) is 13.1 Å². The summed E-state index contributed by atoms with van der Waals surface area (Å²) in [6, 6.07) is 4.28. The van der Waals surface area contributed by atoms with Crippen molar-refractivity contribution in [2.45, 2.75) is 46.7 Å². The standard InChI is InChI=1S/C21H32N6S.HI/c1-5-22-21(26(4)14-19-15-28-17(3)25-19)24-13-18-6-7-20(23-12-18)27-10-8-16(2)9-11-27;/h6-7,12,15-16H,5,8-11,13-14H2,1-4H3,(H,22,24);1H. The first kappa shape index (κ1) is 23.9. The number of piperidine rings is 1. The van der Waals surface area contributed by atoms with Gasteiger partial charge in [-0.1, -0.05) is 13.0 Å². The Balaban J connectivity index is 0.00000300. The first-order valence-corrected chi connectivity index (χ1v) is 11.0. The topological polar surface area (TPSA) is 56.7 Å². The maximum absolute atomic E-state index is 4.79. The van der Waals surface area contributed by atoms with E-state index in [0.717, 1.165) is 60.1 Å². The van der Waals surface area contributed by atoms with E-state index in [4.69, 9.17) is 4.99 Å². The highest BCUT2D eigenvalue weighted by atomic mass is 127. The summed E-state index contributed by atoms with van der Waals surface area (Å²) in [5.74, 6) is 2.81. The van der Waals surface area contributed by atoms with Crippen molar-refractivity contribution >= 4 is 47.1 Å². The Kier molecular flexibility index (Phi) is 9.61. The molecule has 1 N–H and O–H groups in total. The first-order chi connectivity index (χ1) is 13.5. The lowest BCUT2D eigenvalue weighted by Crippen LogP contribution is -2.38. The Morgan fingerprint density at radius 2 is 2.10 bits per heavy atom. The van der Waals surface area contributed by atoms with Crippen LogP contribution < -0.4 is 10.2 Å². The quantitative estimate of drug-likeness (QED) is 0.344. The molecule has 160 valence electrons. The van der Waals surface area contributed by atoms with Gasteiger partial charge in [0.25, 0.3) is 0 Å². The predicted octanol–water partition coefficient (Wildman–Crippen LogP) is 4.30. The minimum atomic E-state index is 0. The molecule has 1 fully saturated rings. The lowest BCUT2D eigenvalue weighted by atomic mass is 9.99. The smallest absolute Gasteiger partial charge is 0.194 e. The number of aromatic nitrogens is 2. The van der Waals surface area contributed by atoms with Gasteiger partial charge in [0.15, 0.2) is 5.96 Å². The van der Waals surface area contributed by atoms with Crippen LogP contribution in [0.1, 0.15) is 43.0 Å². The molecule has 2 aromatic heterocycles. The average Bonchev–Trinajstić information content (AvgIpc) is 3.10. The lowest BCUT2D eigenvalue weighted by Gasteiger charge is -2.31. The van der Waals surface area contributed by atoms with E-state index < -0.39 is 0 Å². The number of thiazole rings is 1. The van der Waals surface area contributed by atoms with Crippen molar-refractivity contribution in [3.05, 3.63) is 40.0 Å². The second kappa shape index (κ2) is 11.7. The molecule has 3 rings (SSSR count). The summed E-state index contributed by atoms with van der Waals surface area (Å²) in [4.78, 5) is 18.5. The van der Waals surface area contributed by atoms with Gasteiger partial charge < -0.3 is 15.1 Å². The minimum Gasteiger partial charge on any atom is -0.357 e. The third kappa shape index (κ3) is 7.09. The number of nitrogens with zero attached hydrogens (tertiary/aromatic N) is 5. The summed E-state index contributed by atoms with van der Waals surface area (Å²) in [6.07, 6.45) is 4.47. The van der Waals surface area contributed by atoms with Crippen LogP contribution in [0.25, 0.3) is 0 Å². The van der Waals surface area contributed by atoms with Gasteiger partial charge in [-0.05, 0) is 44.2 Å². The molecule has 0 spiro atoms. The number of rotatable bonds is 6. The van der Waals surface area contributed by atoms with Gasteiger partial charge in [0.1, 0.15) is 5.82 Å².